The maximum absolute atomic E-state index is 11.0. The highest BCUT2D eigenvalue weighted by Gasteiger charge is 2.23. The first-order valence-electron chi connectivity index (χ1n) is 14.3. The molecule has 1 aromatic carbocycles. The fourth-order valence-corrected chi connectivity index (χ4v) is 4.08. The number of carbonyl (C=O) groups is 3. The van der Waals surface area contributed by atoms with Crippen LogP contribution in [-0.2, 0) is 14.4 Å². The van der Waals surface area contributed by atoms with E-state index in [9.17, 15) is 14.4 Å². The van der Waals surface area contributed by atoms with Crippen molar-refractivity contribution in [3.8, 4) is 0 Å². The number of rotatable bonds is 3. The summed E-state index contributed by atoms with van der Waals surface area (Å²) >= 11 is 0. The molecule has 0 aliphatic carbocycles. The van der Waals surface area contributed by atoms with Crippen LogP contribution >= 0.6 is 0 Å². The van der Waals surface area contributed by atoms with Gasteiger partial charge in [0.05, 0.1) is 23.6 Å². The molecule has 0 radical (unpaired) electrons. The van der Waals surface area contributed by atoms with E-state index in [1.807, 2.05) is 41.8 Å². The number of likely N-dealkylation sites (N-methyl/N-ethyl adjacent to an activating group) is 2. The zero-order chi connectivity index (χ0) is 31.1. The predicted molar refractivity (Wildman–Crippen MR) is 170 cm³/mol. The van der Waals surface area contributed by atoms with E-state index in [-0.39, 0.29) is 5.41 Å². The maximum Gasteiger partial charge on any atom is 0.286 e. The molecular formula is C31H48N8O3. The topological polar surface area (TPSA) is 118 Å². The number of para-hydroxylation sites is 1. The molecule has 11 heteroatoms. The average Bonchev–Trinajstić information content (AvgIpc) is 3.49. The van der Waals surface area contributed by atoms with Crippen LogP contribution in [0.4, 0.5) is 11.4 Å². The summed E-state index contributed by atoms with van der Waals surface area (Å²) < 4.78 is 0. The van der Waals surface area contributed by atoms with Gasteiger partial charge in [-0.25, -0.2) is 0 Å². The molecule has 0 bridgehead atoms. The number of aldehydes is 2. The lowest BCUT2D eigenvalue weighted by Crippen LogP contribution is -2.52. The highest BCUT2D eigenvalue weighted by molar-refractivity contribution is 6.23. The van der Waals surface area contributed by atoms with Gasteiger partial charge in [0.2, 0.25) is 6.29 Å². The van der Waals surface area contributed by atoms with Crippen LogP contribution in [0, 0.1) is 5.41 Å². The Balaban J connectivity index is 0.000000202. The molecular weight excluding hydrogens is 532 g/mol. The van der Waals surface area contributed by atoms with Crippen LogP contribution in [0.3, 0.4) is 0 Å². The second-order valence-corrected chi connectivity index (χ2v) is 11.6. The van der Waals surface area contributed by atoms with Crippen molar-refractivity contribution in [1.29, 1.82) is 0 Å². The van der Waals surface area contributed by atoms with Gasteiger partial charge in [0.1, 0.15) is 6.29 Å². The molecule has 2 saturated heterocycles. The second kappa shape index (κ2) is 17.2. The first-order valence-corrected chi connectivity index (χ1v) is 14.3. The number of aromatic amines is 1. The van der Waals surface area contributed by atoms with Gasteiger partial charge in [-0.1, -0.05) is 39.0 Å². The highest BCUT2D eigenvalue weighted by Crippen LogP contribution is 2.17. The van der Waals surface area contributed by atoms with Crippen LogP contribution in [0.5, 0.6) is 0 Å². The van der Waals surface area contributed by atoms with Crippen LogP contribution in [0.2, 0.25) is 0 Å². The van der Waals surface area contributed by atoms with Crippen molar-refractivity contribution in [3.63, 3.8) is 0 Å². The van der Waals surface area contributed by atoms with E-state index in [2.05, 4.69) is 72.6 Å². The number of hydrogen-bond donors (Lipinski definition) is 2. The molecule has 2 aromatic heterocycles. The molecule has 42 heavy (non-hydrogen) atoms. The summed E-state index contributed by atoms with van der Waals surface area (Å²) in [6.07, 6.45) is 6.62. The number of fused-ring (bicyclic) bond motifs is 1. The normalized spacial score (nSPS) is 17.5. The van der Waals surface area contributed by atoms with Gasteiger partial charge in [0, 0.05) is 81.6 Å². The lowest BCUT2D eigenvalue weighted by atomic mass is 10.0. The molecule has 4 heterocycles. The molecule has 1 unspecified atom stereocenters. The van der Waals surface area contributed by atoms with Crippen molar-refractivity contribution in [2.24, 2.45) is 5.41 Å². The molecule has 11 nitrogen and oxygen atoms in total. The summed E-state index contributed by atoms with van der Waals surface area (Å²) in [4.78, 5) is 43.6. The number of aromatic nitrogens is 3. The number of nitrogens with one attached hydrogen (secondary N) is 2. The van der Waals surface area contributed by atoms with Crippen molar-refractivity contribution in [1.82, 2.24) is 29.9 Å². The Morgan fingerprint density at radius 1 is 0.976 bits per heavy atom. The number of anilines is 2. The third-order valence-electron chi connectivity index (χ3n) is 6.97. The Labute approximate surface area is 250 Å². The molecule has 0 spiro atoms. The van der Waals surface area contributed by atoms with Crippen LogP contribution in [0.1, 0.15) is 27.7 Å². The maximum atomic E-state index is 11.0. The van der Waals surface area contributed by atoms with E-state index in [4.69, 9.17) is 0 Å². The van der Waals surface area contributed by atoms with Crippen LogP contribution in [0.15, 0.2) is 48.9 Å². The van der Waals surface area contributed by atoms with Crippen molar-refractivity contribution in [2.45, 2.75) is 33.7 Å². The summed E-state index contributed by atoms with van der Waals surface area (Å²) in [5.41, 5.74) is 3.19. The van der Waals surface area contributed by atoms with Crippen molar-refractivity contribution in [3.05, 3.63) is 48.9 Å². The fraction of sp³-hybridized carbons (Fsp3) is 0.516. The number of H-pyrrole nitrogens is 1. The van der Waals surface area contributed by atoms with E-state index in [0.717, 1.165) is 42.5 Å². The smallest absolute Gasteiger partial charge is 0.286 e. The van der Waals surface area contributed by atoms with E-state index in [1.165, 1.54) is 18.8 Å². The summed E-state index contributed by atoms with van der Waals surface area (Å²) in [7, 11) is 6.06. The Bertz CT molecular complexity index is 1220. The van der Waals surface area contributed by atoms with Crippen LogP contribution < -0.4 is 10.2 Å². The quantitative estimate of drug-likeness (QED) is 0.356. The number of piperazine rings is 2. The first kappa shape index (κ1) is 34.4. The summed E-state index contributed by atoms with van der Waals surface area (Å²) in [6.45, 7) is 14.5. The Kier molecular flexibility index (Phi) is 14.1. The minimum Gasteiger partial charge on any atom is -0.385 e. The summed E-state index contributed by atoms with van der Waals surface area (Å²) in [6, 6.07) is 11.0. The molecule has 2 aliphatic rings. The van der Waals surface area contributed by atoms with Crippen LogP contribution in [0.25, 0.3) is 10.9 Å². The standard InChI is InChI=1S/C11H16N2.C8H14N2O2.C7H8N4.C5H10O/c1-12-7-9-13(10-8-12)11-5-3-2-4-6-11;1-7-5-10(8(12)6-11)4-3-9(7)2;1-8-6-4-9-2-5-3-10-11-7(5)6;1-5(2,3)4-6/h2-6H,7-10H2,1H3;6-7H,3-5H2,1-2H3;2-4,8H,1H3,(H,10,11);4H,1-3H3. The number of nitrogens with zero attached hydrogens (tertiary/aromatic N) is 6. The number of hydrogen-bond acceptors (Lipinski definition) is 9. The minimum absolute atomic E-state index is 0.139. The molecule has 1 atom stereocenters. The van der Waals surface area contributed by atoms with E-state index in [0.29, 0.717) is 25.4 Å². The zero-order valence-electron chi connectivity index (χ0n) is 26.2. The Morgan fingerprint density at radius 3 is 2.17 bits per heavy atom. The molecule has 5 rings (SSSR count). The largest absolute Gasteiger partial charge is 0.385 e. The average molecular weight is 581 g/mol. The molecule has 2 fully saturated rings. The molecule has 2 N–H and O–H groups in total. The second-order valence-electron chi connectivity index (χ2n) is 11.6. The van der Waals surface area contributed by atoms with E-state index in [1.54, 1.807) is 23.5 Å². The van der Waals surface area contributed by atoms with Crippen molar-refractivity contribution >= 4 is 40.8 Å². The van der Waals surface area contributed by atoms with Crippen molar-refractivity contribution in [2.75, 3.05) is 77.2 Å². The molecule has 2 aliphatic heterocycles. The van der Waals surface area contributed by atoms with Gasteiger partial charge in [-0.15, -0.1) is 0 Å². The van der Waals surface area contributed by atoms with Gasteiger partial charge in [-0.05, 0) is 33.2 Å². The molecule has 0 saturated carbocycles. The van der Waals surface area contributed by atoms with Gasteiger partial charge in [-0.2, -0.15) is 5.10 Å². The zero-order valence-corrected chi connectivity index (χ0v) is 26.2. The summed E-state index contributed by atoms with van der Waals surface area (Å²) in [5, 5.41) is 10.8. The van der Waals surface area contributed by atoms with Crippen molar-refractivity contribution < 1.29 is 14.4 Å². The fourth-order valence-electron chi connectivity index (χ4n) is 4.08. The number of carbonyl (C=O) groups excluding carboxylic acids is 3. The van der Waals surface area contributed by atoms with E-state index >= 15 is 0 Å². The molecule has 3 aromatic rings. The monoisotopic (exact) mass is 580 g/mol. The first-order chi connectivity index (χ1) is 20.0. The van der Waals surface area contributed by atoms with Gasteiger partial charge in [-0.3, -0.25) is 19.7 Å². The van der Waals surface area contributed by atoms with Crippen LogP contribution in [-0.4, -0.2) is 121 Å². The predicted octanol–water partition coefficient (Wildman–Crippen LogP) is 3.02. The highest BCUT2D eigenvalue weighted by atomic mass is 16.2. The Morgan fingerprint density at radius 2 is 1.62 bits per heavy atom. The third-order valence-corrected chi connectivity index (χ3v) is 6.97. The SMILES string of the molecule is CC(C)(C)C=O.CC1CN(C(=O)C=O)CCN1C.CN1CCN(c2ccccc2)CC1.CNc1cncc2cn[nH]c12. The van der Waals surface area contributed by atoms with Gasteiger partial charge < -0.3 is 29.7 Å². The van der Waals surface area contributed by atoms with E-state index < -0.39 is 5.91 Å². The lowest BCUT2D eigenvalue weighted by Gasteiger charge is -2.36. The lowest BCUT2D eigenvalue weighted by molar-refractivity contribution is -0.140. The third kappa shape index (κ3) is 11.6. The van der Waals surface area contributed by atoms with Gasteiger partial charge in [0.25, 0.3) is 5.91 Å². The Hall–Kier alpha value is -3.83. The van der Waals surface area contributed by atoms with Gasteiger partial charge >= 0.3 is 0 Å². The number of benzene rings is 1. The number of pyridine rings is 1. The molecule has 1 amide bonds. The minimum atomic E-state index is -0.394. The summed E-state index contributed by atoms with van der Waals surface area (Å²) in [5.74, 6) is -0.394. The molecule has 230 valence electrons. The number of amides is 1. The van der Waals surface area contributed by atoms with Gasteiger partial charge in [0.15, 0.2) is 0 Å².